The van der Waals surface area contributed by atoms with Gasteiger partial charge in [-0.3, -0.25) is 0 Å². The van der Waals surface area contributed by atoms with Crippen LogP contribution in [0.15, 0.2) is 33.7 Å². The summed E-state index contributed by atoms with van der Waals surface area (Å²) in [4.78, 5) is 0.155. The van der Waals surface area contributed by atoms with Crippen molar-refractivity contribution in [2.45, 2.75) is 31.5 Å². The number of nitrogens with zero attached hydrogens (tertiary/aromatic N) is 2. The summed E-state index contributed by atoms with van der Waals surface area (Å²) in [7, 11) is -3.57. The van der Waals surface area contributed by atoms with Gasteiger partial charge in [-0.1, -0.05) is 35.0 Å². The Balaban J connectivity index is 1.60. The van der Waals surface area contributed by atoms with Crippen LogP contribution < -0.4 is 0 Å². The zero-order chi connectivity index (χ0) is 16.6. The van der Waals surface area contributed by atoms with Gasteiger partial charge in [0.05, 0.1) is 12.7 Å². The third-order valence-corrected chi connectivity index (χ3v) is 6.26. The Labute approximate surface area is 140 Å². The monoisotopic (exact) mass is 356 g/mol. The van der Waals surface area contributed by atoms with Crippen LogP contribution in [0, 0.1) is 13.8 Å². The van der Waals surface area contributed by atoms with Crippen molar-refractivity contribution in [2.24, 2.45) is 0 Å². The Kier molecular flexibility index (Phi) is 4.46. The molecule has 2 heterocycles. The van der Waals surface area contributed by atoms with Gasteiger partial charge in [0.25, 0.3) is 0 Å². The van der Waals surface area contributed by atoms with Gasteiger partial charge in [0, 0.05) is 18.1 Å². The van der Waals surface area contributed by atoms with Gasteiger partial charge in [-0.15, -0.1) is 0 Å². The van der Waals surface area contributed by atoms with E-state index in [1.165, 1.54) is 4.31 Å². The maximum Gasteiger partial charge on any atom is 0.248 e. The van der Waals surface area contributed by atoms with Crippen molar-refractivity contribution in [3.8, 4) is 0 Å². The molecule has 0 N–H and O–H groups in total. The smallest absolute Gasteiger partial charge is 0.248 e. The molecule has 1 aliphatic heterocycles. The van der Waals surface area contributed by atoms with Crippen molar-refractivity contribution in [2.75, 3.05) is 13.1 Å². The van der Waals surface area contributed by atoms with E-state index in [4.69, 9.17) is 20.9 Å². The molecule has 124 valence electrons. The van der Waals surface area contributed by atoms with Crippen molar-refractivity contribution in [1.82, 2.24) is 9.46 Å². The van der Waals surface area contributed by atoms with Crippen molar-refractivity contribution in [1.29, 1.82) is 0 Å². The predicted molar refractivity (Wildman–Crippen MR) is 84.8 cm³/mol. The molecule has 0 spiro atoms. The first-order chi connectivity index (χ1) is 10.9. The number of ether oxygens (including phenoxy) is 1. The molecule has 1 aromatic carbocycles. The number of sulfonamides is 1. The molecule has 6 nitrogen and oxygen atoms in total. The molecule has 0 aliphatic carbocycles. The molecule has 0 bridgehead atoms. The highest BCUT2D eigenvalue weighted by Crippen LogP contribution is 2.28. The minimum atomic E-state index is -3.57. The lowest BCUT2D eigenvalue weighted by molar-refractivity contribution is -0.0295. The van der Waals surface area contributed by atoms with E-state index in [0.717, 1.165) is 5.56 Å². The first kappa shape index (κ1) is 16.4. The van der Waals surface area contributed by atoms with Crippen LogP contribution in [-0.4, -0.2) is 37.1 Å². The minimum absolute atomic E-state index is 0.137. The van der Waals surface area contributed by atoms with Crippen LogP contribution in [0.5, 0.6) is 0 Å². The lowest BCUT2D eigenvalue weighted by atomic mass is 10.2. The number of aryl methyl sites for hydroxylation is 2. The van der Waals surface area contributed by atoms with Crippen molar-refractivity contribution >= 4 is 21.6 Å². The number of benzene rings is 1. The Hall–Kier alpha value is -1.41. The number of hydrogen-bond acceptors (Lipinski definition) is 5. The van der Waals surface area contributed by atoms with E-state index in [2.05, 4.69) is 5.16 Å². The zero-order valence-electron chi connectivity index (χ0n) is 12.8. The van der Waals surface area contributed by atoms with Gasteiger partial charge >= 0.3 is 0 Å². The molecule has 0 atom stereocenters. The van der Waals surface area contributed by atoms with Crippen LogP contribution in [0.2, 0.25) is 5.02 Å². The summed E-state index contributed by atoms with van der Waals surface area (Å²) in [5.41, 5.74) is 1.27. The molecule has 0 radical (unpaired) electrons. The molecule has 1 aliphatic rings. The molecule has 3 rings (SSSR count). The van der Waals surface area contributed by atoms with Crippen LogP contribution in [0.25, 0.3) is 0 Å². The molecule has 1 aromatic heterocycles. The van der Waals surface area contributed by atoms with Crippen LogP contribution in [-0.2, 0) is 21.4 Å². The van der Waals surface area contributed by atoms with Gasteiger partial charge in [-0.25, -0.2) is 8.42 Å². The maximum absolute atomic E-state index is 12.5. The van der Waals surface area contributed by atoms with Gasteiger partial charge in [0.15, 0.2) is 5.76 Å². The van der Waals surface area contributed by atoms with Crippen LogP contribution in [0.1, 0.15) is 17.0 Å². The SMILES string of the molecule is Cc1noc(C)c1S(=O)(=O)N1CC(OCc2ccccc2Cl)C1. The summed E-state index contributed by atoms with van der Waals surface area (Å²) >= 11 is 6.07. The second kappa shape index (κ2) is 6.24. The third-order valence-electron chi connectivity index (χ3n) is 3.81. The van der Waals surface area contributed by atoms with Crippen LogP contribution in [0.3, 0.4) is 0 Å². The van der Waals surface area contributed by atoms with E-state index in [9.17, 15) is 8.42 Å². The molecule has 0 unspecified atom stereocenters. The van der Waals surface area contributed by atoms with Gasteiger partial charge < -0.3 is 9.26 Å². The molecular weight excluding hydrogens is 340 g/mol. The molecule has 2 aromatic rings. The summed E-state index contributed by atoms with van der Waals surface area (Å²) in [6.07, 6.45) is -0.137. The fraction of sp³-hybridized carbons (Fsp3) is 0.400. The lowest BCUT2D eigenvalue weighted by Gasteiger charge is -2.37. The van der Waals surface area contributed by atoms with E-state index >= 15 is 0 Å². The standard InChI is InChI=1S/C15H17ClN2O4S/c1-10-15(11(2)22-17-10)23(19,20)18-7-13(8-18)21-9-12-5-3-4-6-14(12)16/h3-6,13H,7-9H2,1-2H3. The summed E-state index contributed by atoms with van der Waals surface area (Å²) in [6, 6.07) is 7.43. The molecule has 1 saturated heterocycles. The summed E-state index contributed by atoms with van der Waals surface area (Å²) in [6.45, 7) is 4.21. The van der Waals surface area contributed by atoms with Gasteiger partial charge in [-0.05, 0) is 25.5 Å². The van der Waals surface area contributed by atoms with Crippen molar-refractivity contribution in [3.05, 3.63) is 46.3 Å². The van der Waals surface area contributed by atoms with E-state index in [-0.39, 0.29) is 11.0 Å². The van der Waals surface area contributed by atoms with E-state index in [1.807, 2.05) is 18.2 Å². The molecule has 8 heteroatoms. The lowest BCUT2D eigenvalue weighted by Crippen LogP contribution is -2.54. The summed E-state index contributed by atoms with van der Waals surface area (Å²) < 4.78 is 37.1. The largest absolute Gasteiger partial charge is 0.371 e. The summed E-state index contributed by atoms with van der Waals surface area (Å²) in [5.74, 6) is 0.308. The second-order valence-corrected chi connectivity index (χ2v) is 7.78. The molecule has 1 fully saturated rings. The highest BCUT2D eigenvalue weighted by atomic mass is 35.5. The topological polar surface area (TPSA) is 72.6 Å². The first-order valence-corrected chi connectivity index (χ1v) is 8.99. The fourth-order valence-electron chi connectivity index (χ4n) is 2.50. The Morgan fingerprint density at radius 2 is 2.04 bits per heavy atom. The molecular formula is C15H17ClN2O4S. The summed E-state index contributed by atoms with van der Waals surface area (Å²) in [5, 5.41) is 4.35. The zero-order valence-corrected chi connectivity index (χ0v) is 14.4. The first-order valence-electron chi connectivity index (χ1n) is 7.17. The number of hydrogen-bond donors (Lipinski definition) is 0. The Bertz CT molecular complexity index is 793. The normalized spacial score (nSPS) is 16.5. The average molecular weight is 357 g/mol. The number of halogens is 1. The van der Waals surface area contributed by atoms with Crippen molar-refractivity contribution < 1.29 is 17.7 Å². The van der Waals surface area contributed by atoms with E-state index in [1.54, 1.807) is 19.9 Å². The fourth-order valence-corrected chi connectivity index (χ4v) is 4.48. The highest BCUT2D eigenvalue weighted by molar-refractivity contribution is 7.89. The average Bonchev–Trinajstić information content (AvgIpc) is 2.78. The molecule has 23 heavy (non-hydrogen) atoms. The third kappa shape index (κ3) is 3.14. The Morgan fingerprint density at radius 1 is 1.35 bits per heavy atom. The van der Waals surface area contributed by atoms with E-state index < -0.39 is 10.0 Å². The minimum Gasteiger partial charge on any atom is -0.371 e. The quantitative estimate of drug-likeness (QED) is 0.823. The maximum atomic E-state index is 12.5. The number of aromatic nitrogens is 1. The number of rotatable bonds is 5. The van der Waals surface area contributed by atoms with Crippen LogP contribution in [0.4, 0.5) is 0 Å². The predicted octanol–water partition coefficient (Wildman–Crippen LogP) is 2.53. The Morgan fingerprint density at radius 3 is 2.65 bits per heavy atom. The van der Waals surface area contributed by atoms with Gasteiger partial charge in [0.1, 0.15) is 10.6 Å². The molecule has 0 amide bonds. The van der Waals surface area contributed by atoms with Gasteiger partial charge in [0.2, 0.25) is 10.0 Å². The molecule has 0 saturated carbocycles. The van der Waals surface area contributed by atoms with E-state index in [0.29, 0.717) is 36.2 Å². The van der Waals surface area contributed by atoms with Crippen LogP contribution >= 0.6 is 11.6 Å². The highest BCUT2D eigenvalue weighted by Gasteiger charge is 2.40. The van der Waals surface area contributed by atoms with Gasteiger partial charge in [-0.2, -0.15) is 4.31 Å². The van der Waals surface area contributed by atoms with Crippen molar-refractivity contribution in [3.63, 3.8) is 0 Å². The second-order valence-electron chi connectivity index (χ2n) is 5.50.